The van der Waals surface area contributed by atoms with Gasteiger partial charge >= 0.3 is 18.2 Å². The molecule has 1 rings (SSSR count). The Morgan fingerprint density at radius 3 is 2.08 bits per heavy atom. The van der Waals surface area contributed by atoms with E-state index in [9.17, 15) is 18.0 Å². The number of carbonyl (C=O) groups is 2. The Labute approximate surface area is 70.5 Å². The second kappa shape index (κ2) is 4.53. The van der Waals surface area contributed by atoms with E-state index in [1.807, 2.05) is 0 Å². The summed E-state index contributed by atoms with van der Waals surface area (Å²) < 4.78 is 36.1. The van der Waals surface area contributed by atoms with Crippen molar-refractivity contribution in [2.24, 2.45) is 0 Å². The standard InChI is InChI=1S/C3H5NO2.C2HF3O2/c5-3-4-1-2-6-3;3-2(4,5)1(6)7/h1-2H2,(H,4,5);(H,6,7). The molecular weight excluding hydrogens is 195 g/mol. The fraction of sp³-hybridized carbons (Fsp3) is 0.600. The number of carboxylic acid groups (broad SMARTS) is 1. The average molecular weight is 201 g/mol. The van der Waals surface area contributed by atoms with Crippen molar-refractivity contribution < 1.29 is 32.6 Å². The quantitative estimate of drug-likeness (QED) is 0.593. The summed E-state index contributed by atoms with van der Waals surface area (Å²) in [4.78, 5) is 18.8. The van der Waals surface area contributed by atoms with Crippen molar-refractivity contribution in [1.82, 2.24) is 5.32 Å². The van der Waals surface area contributed by atoms with Gasteiger partial charge in [-0.3, -0.25) is 0 Å². The molecule has 5 nitrogen and oxygen atoms in total. The van der Waals surface area contributed by atoms with E-state index in [0.717, 1.165) is 0 Å². The van der Waals surface area contributed by atoms with Gasteiger partial charge in [-0.15, -0.1) is 0 Å². The molecule has 0 aromatic carbocycles. The molecule has 0 radical (unpaired) electrons. The monoisotopic (exact) mass is 201 g/mol. The molecule has 0 atom stereocenters. The zero-order valence-electron chi connectivity index (χ0n) is 6.22. The van der Waals surface area contributed by atoms with E-state index in [1.165, 1.54) is 0 Å². The van der Waals surface area contributed by atoms with E-state index in [0.29, 0.717) is 13.2 Å². The molecule has 0 aromatic heterocycles. The van der Waals surface area contributed by atoms with Crippen molar-refractivity contribution in [1.29, 1.82) is 0 Å². The predicted octanol–water partition coefficient (Wildman–Crippen LogP) is 0.359. The number of amides is 1. The Bertz CT molecular complexity index is 194. The maximum atomic E-state index is 10.6. The van der Waals surface area contributed by atoms with Crippen molar-refractivity contribution in [3.05, 3.63) is 0 Å². The van der Waals surface area contributed by atoms with Gasteiger partial charge in [-0.1, -0.05) is 0 Å². The molecule has 1 aliphatic rings. The zero-order valence-corrected chi connectivity index (χ0v) is 6.22. The minimum absolute atomic E-state index is 0.296. The number of cyclic esters (lactones) is 1. The van der Waals surface area contributed by atoms with Gasteiger partial charge < -0.3 is 15.2 Å². The summed E-state index contributed by atoms with van der Waals surface area (Å²) in [7, 11) is 0. The molecular formula is C5H6F3NO4. The number of ether oxygens (including phenoxy) is 1. The topological polar surface area (TPSA) is 75.6 Å². The van der Waals surface area contributed by atoms with Crippen LogP contribution in [0.4, 0.5) is 18.0 Å². The second-order valence-electron chi connectivity index (χ2n) is 1.87. The molecule has 0 bridgehead atoms. The molecule has 8 heteroatoms. The van der Waals surface area contributed by atoms with Crippen molar-refractivity contribution in [2.75, 3.05) is 13.2 Å². The second-order valence-corrected chi connectivity index (χ2v) is 1.87. The highest BCUT2D eigenvalue weighted by molar-refractivity contribution is 5.73. The minimum atomic E-state index is -5.08. The lowest BCUT2D eigenvalue weighted by molar-refractivity contribution is -0.192. The van der Waals surface area contributed by atoms with Gasteiger partial charge in [-0.2, -0.15) is 13.2 Å². The number of carbonyl (C=O) groups excluding carboxylic acids is 1. The van der Waals surface area contributed by atoms with Gasteiger partial charge in [-0.25, -0.2) is 9.59 Å². The largest absolute Gasteiger partial charge is 0.490 e. The number of rotatable bonds is 0. The van der Waals surface area contributed by atoms with E-state index in [2.05, 4.69) is 10.1 Å². The third-order valence-electron chi connectivity index (χ3n) is 0.847. The first-order chi connectivity index (χ1) is 5.84. The molecule has 1 aliphatic heterocycles. The van der Waals surface area contributed by atoms with Gasteiger partial charge in [0.1, 0.15) is 6.61 Å². The average Bonchev–Trinajstić information content (AvgIpc) is 2.38. The van der Waals surface area contributed by atoms with Crippen molar-refractivity contribution in [3.63, 3.8) is 0 Å². The van der Waals surface area contributed by atoms with Crippen LogP contribution in [0.2, 0.25) is 0 Å². The maximum Gasteiger partial charge on any atom is 0.490 e. The van der Waals surface area contributed by atoms with Gasteiger partial charge in [0.15, 0.2) is 0 Å². The maximum absolute atomic E-state index is 10.6. The van der Waals surface area contributed by atoms with Crippen molar-refractivity contribution in [2.45, 2.75) is 6.18 Å². The van der Waals surface area contributed by atoms with Crippen molar-refractivity contribution in [3.8, 4) is 0 Å². The van der Waals surface area contributed by atoms with Gasteiger partial charge in [0.05, 0.1) is 6.54 Å². The number of alkyl halides is 3. The van der Waals surface area contributed by atoms with Gasteiger partial charge in [0.2, 0.25) is 0 Å². The smallest absolute Gasteiger partial charge is 0.475 e. The minimum Gasteiger partial charge on any atom is -0.475 e. The zero-order chi connectivity index (χ0) is 10.5. The van der Waals surface area contributed by atoms with Crippen LogP contribution in [0.3, 0.4) is 0 Å². The molecule has 2 N–H and O–H groups in total. The summed E-state index contributed by atoms with van der Waals surface area (Å²) in [6.07, 6.45) is -5.38. The van der Waals surface area contributed by atoms with Gasteiger partial charge in [0, 0.05) is 0 Å². The number of alkyl carbamates (subject to hydrolysis) is 1. The third kappa shape index (κ3) is 5.76. The van der Waals surface area contributed by atoms with Crippen LogP contribution in [-0.4, -0.2) is 36.5 Å². The Kier molecular flexibility index (Phi) is 4.02. The lowest BCUT2D eigenvalue weighted by Crippen LogP contribution is -2.21. The summed E-state index contributed by atoms with van der Waals surface area (Å²) in [5.41, 5.74) is 0. The molecule has 0 aliphatic carbocycles. The molecule has 1 saturated heterocycles. The molecule has 0 spiro atoms. The fourth-order valence-corrected chi connectivity index (χ4v) is 0.348. The van der Waals surface area contributed by atoms with E-state index >= 15 is 0 Å². The summed E-state index contributed by atoms with van der Waals surface area (Å²) in [6.45, 7) is 1.19. The van der Waals surface area contributed by atoms with Crippen LogP contribution in [0.5, 0.6) is 0 Å². The van der Waals surface area contributed by atoms with Crippen LogP contribution >= 0.6 is 0 Å². The number of halogens is 3. The molecule has 13 heavy (non-hydrogen) atoms. The molecule has 1 amide bonds. The first-order valence-electron chi connectivity index (χ1n) is 3.05. The Morgan fingerprint density at radius 2 is 2.00 bits per heavy atom. The van der Waals surface area contributed by atoms with Crippen LogP contribution in [0.15, 0.2) is 0 Å². The fourth-order valence-electron chi connectivity index (χ4n) is 0.348. The lowest BCUT2D eigenvalue weighted by atomic mass is 10.7. The summed E-state index contributed by atoms with van der Waals surface area (Å²) in [5.74, 6) is -2.76. The van der Waals surface area contributed by atoms with E-state index in [1.54, 1.807) is 0 Å². The van der Waals surface area contributed by atoms with Gasteiger partial charge in [0.25, 0.3) is 0 Å². The highest BCUT2D eigenvalue weighted by atomic mass is 19.4. The highest BCUT2D eigenvalue weighted by Crippen LogP contribution is 2.13. The number of hydrogen-bond donors (Lipinski definition) is 2. The van der Waals surface area contributed by atoms with Gasteiger partial charge in [-0.05, 0) is 0 Å². The Hall–Kier alpha value is -1.47. The number of aliphatic carboxylic acids is 1. The number of carboxylic acids is 1. The van der Waals surface area contributed by atoms with Crippen LogP contribution in [0.25, 0.3) is 0 Å². The molecule has 0 aromatic rings. The highest BCUT2D eigenvalue weighted by Gasteiger charge is 2.38. The summed E-state index contributed by atoms with van der Waals surface area (Å²) in [6, 6.07) is 0. The van der Waals surface area contributed by atoms with Crippen LogP contribution < -0.4 is 5.32 Å². The van der Waals surface area contributed by atoms with Crippen LogP contribution in [-0.2, 0) is 9.53 Å². The third-order valence-corrected chi connectivity index (χ3v) is 0.847. The molecule has 0 saturated carbocycles. The van der Waals surface area contributed by atoms with E-state index in [4.69, 9.17) is 9.90 Å². The normalized spacial score (nSPS) is 15.2. The molecule has 1 heterocycles. The summed E-state index contributed by atoms with van der Waals surface area (Å²) in [5, 5.41) is 9.58. The Balaban J connectivity index is 0.000000223. The first kappa shape index (κ1) is 11.5. The molecule has 76 valence electrons. The predicted molar refractivity (Wildman–Crippen MR) is 33.0 cm³/mol. The van der Waals surface area contributed by atoms with Crippen LogP contribution in [0, 0.1) is 0 Å². The number of hydrogen-bond acceptors (Lipinski definition) is 3. The number of nitrogens with one attached hydrogen (secondary N) is 1. The van der Waals surface area contributed by atoms with E-state index in [-0.39, 0.29) is 6.09 Å². The first-order valence-corrected chi connectivity index (χ1v) is 3.05. The van der Waals surface area contributed by atoms with E-state index < -0.39 is 12.1 Å². The Morgan fingerprint density at radius 1 is 1.54 bits per heavy atom. The lowest BCUT2D eigenvalue weighted by Gasteiger charge is -1.93. The summed E-state index contributed by atoms with van der Waals surface area (Å²) >= 11 is 0. The SMILES string of the molecule is O=C(O)C(F)(F)F.O=C1NCCO1. The van der Waals surface area contributed by atoms with Crippen molar-refractivity contribution >= 4 is 12.1 Å². The molecule has 1 fully saturated rings. The molecule has 0 unspecified atom stereocenters. The van der Waals surface area contributed by atoms with Crippen LogP contribution in [0.1, 0.15) is 0 Å².